The van der Waals surface area contributed by atoms with Gasteiger partial charge in [-0.25, -0.2) is 0 Å². The van der Waals surface area contributed by atoms with Crippen LogP contribution < -0.4 is 4.90 Å². The molecule has 1 aromatic carbocycles. The highest BCUT2D eigenvalue weighted by Gasteiger charge is 2.27. The Bertz CT molecular complexity index is 402. The van der Waals surface area contributed by atoms with Crippen molar-refractivity contribution in [1.29, 1.82) is 0 Å². The zero-order valence-electron chi connectivity index (χ0n) is 7.82. The van der Waals surface area contributed by atoms with E-state index < -0.39 is 0 Å². The summed E-state index contributed by atoms with van der Waals surface area (Å²) in [6.45, 7) is 1.99. The SMILES string of the molecule is O=C1CCN2CCSc3cccc1c32. The Kier molecular flexibility index (Phi) is 1.80. The highest BCUT2D eigenvalue weighted by atomic mass is 32.2. The minimum Gasteiger partial charge on any atom is -0.369 e. The third kappa shape index (κ3) is 1.08. The monoisotopic (exact) mass is 205 g/mol. The minimum atomic E-state index is 0.306. The van der Waals surface area contributed by atoms with Crippen molar-refractivity contribution in [2.75, 3.05) is 23.7 Å². The van der Waals surface area contributed by atoms with Crippen molar-refractivity contribution in [2.45, 2.75) is 11.3 Å². The Morgan fingerprint density at radius 3 is 3.14 bits per heavy atom. The van der Waals surface area contributed by atoms with Crippen molar-refractivity contribution in [1.82, 2.24) is 0 Å². The maximum atomic E-state index is 11.7. The summed E-state index contributed by atoms with van der Waals surface area (Å²) in [6.07, 6.45) is 0.682. The van der Waals surface area contributed by atoms with Gasteiger partial charge in [-0.05, 0) is 12.1 Å². The largest absolute Gasteiger partial charge is 0.369 e. The summed E-state index contributed by atoms with van der Waals surface area (Å²) in [5, 5.41) is 0. The van der Waals surface area contributed by atoms with E-state index in [-0.39, 0.29) is 0 Å². The molecule has 0 aromatic heterocycles. The molecule has 0 amide bonds. The Morgan fingerprint density at radius 2 is 2.21 bits per heavy atom. The van der Waals surface area contributed by atoms with Crippen molar-refractivity contribution >= 4 is 23.2 Å². The molecule has 0 N–H and O–H groups in total. The van der Waals surface area contributed by atoms with Gasteiger partial charge in [0.1, 0.15) is 0 Å². The number of nitrogens with zero attached hydrogens (tertiary/aromatic N) is 1. The van der Waals surface area contributed by atoms with E-state index in [0.717, 1.165) is 24.4 Å². The van der Waals surface area contributed by atoms with Crippen molar-refractivity contribution in [3.8, 4) is 0 Å². The van der Waals surface area contributed by atoms with Crippen LogP contribution in [0.4, 0.5) is 5.69 Å². The molecule has 0 saturated carbocycles. The standard InChI is InChI=1S/C11H11NOS/c13-9-4-5-12-6-7-14-10-3-1-2-8(9)11(10)12/h1-3H,4-7H2. The maximum absolute atomic E-state index is 11.7. The van der Waals surface area contributed by atoms with Crippen LogP contribution in [0.25, 0.3) is 0 Å². The molecule has 2 aliphatic rings. The lowest BCUT2D eigenvalue weighted by molar-refractivity contribution is 0.0979. The molecule has 0 atom stereocenters. The smallest absolute Gasteiger partial charge is 0.166 e. The van der Waals surface area contributed by atoms with E-state index in [1.807, 2.05) is 23.9 Å². The molecule has 2 nitrogen and oxygen atoms in total. The fourth-order valence-corrected chi connectivity index (χ4v) is 3.24. The third-order valence-corrected chi connectivity index (χ3v) is 3.87. The lowest BCUT2D eigenvalue weighted by atomic mass is 10.0. The molecule has 0 fully saturated rings. The summed E-state index contributed by atoms with van der Waals surface area (Å²) in [7, 11) is 0. The molecular weight excluding hydrogens is 194 g/mol. The van der Waals surface area contributed by atoms with E-state index in [9.17, 15) is 4.79 Å². The van der Waals surface area contributed by atoms with Gasteiger partial charge in [0.15, 0.2) is 5.78 Å². The number of rotatable bonds is 0. The lowest BCUT2D eigenvalue weighted by Crippen LogP contribution is -2.36. The predicted octanol–water partition coefficient (Wildman–Crippen LogP) is 2.19. The quantitative estimate of drug-likeness (QED) is 0.647. The summed E-state index contributed by atoms with van der Waals surface area (Å²) in [5.41, 5.74) is 2.13. The zero-order valence-corrected chi connectivity index (χ0v) is 8.64. The normalized spacial score (nSPS) is 19.4. The molecule has 3 heteroatoms. The van der Waals surface area contributed by atoms with E-state index in [2.05, 4.69) is 11.0 Å². The first-order valence-corrected chi connectivity index (χ1v) is 5.89. The number of carbonyl (C=O) groups excluding carboxylic acids is 1. The number of ketones is 1. The van der Waals surface area contributed by atoms with Crippen LogP contribution in [-0.2, 0) is 0 Å². The molecular formula is C11H11NOS. The van der Waals surface area contributed by atoms with E-state index in [1.165, 1.54) is 10.6 Å². The molecule has 0 bridgehead atoms. The average molecular weight is 205 g/mol. The van der Waals surface area contributed by atoms with Gasteiger partial charge in [-0.2, -0.15) is 0 Å². The molecule has 1 aromatic rings. The summed E-state index contributed by atoms with van der Waals surface area (Å²) in [6, 6.07) is 6.07. The van der Waals surface area contributed by atoms with Crippen molar-refractivity contribution in [3.63, 3.8) is 0 Å². The van der Waals surface area contributed by atoms with Crippen LogP contribution in [-0.4, -0.2) is 24.6 Å². The number of hydrogen-bond acceptors (Lipinski definition) is 3. The van der Waals surface area contributed by atoms with Crippen LogP contribution in [0.1, 0.15) is 16.8 Å². The minimum absolute atomic E-state index is 0.306. The molecule has 0 spiro atoms. The molecule has 0 unspecified atom stereocenters. The van der Waals surface area contributed by atoms with Crippen LogP contribution in [0, 0.1) is 0 Å². The number of para-hydroxylation sites is 1. The van der Waals surface area contributed by atoms with Crippen LogP contribution in [0.3, 0.4) is 0 Å². The van der Waals surface area contributed by atoms with Gasteiger partial charge >= 0.3 is 0 Å². The lowest BCUT2D eigenvalue weighted by Gasteiger charge is -2.35. The molecule has 3 rings (SSSR count). The second-order valence-electron chi connectivity index (χ2n) is 3.66. The number of thioether (sulfide) groups is 1. The van der Waals surface area contributed by atoms with Gasteiger partial charge < -0.3 is 4.90 Å². The Hall–Kier alpha value is -0.960. The molecule has 0 saturated heterocycles. The van der Waals surface area contributed by atoms with Gasteiger partial charge in [-0.1, -0.05) is 6.07 Å². The second kappa shape index (κ2) is 3.02. The van der Waals surface area contributed by atoms with Gasteiger partial charge in [0, 0.05) is 35.7 Å². The average Bonchev–Trinajstić information content (AvgIpc) is 2.24. The topological polar surface area (TPSA) is 20.3 Å². The number of anilines is 1. The zero-order chi connectivity index (χ0) is 9.54. The predicted molar refractivity (Wildman–Crippen MR) is 58.3 cm³/mol. The van der Waals surface area contributed by atoms with Gasteiger partial charge in [-0.3, -0.25) is 4.79 Å². The second-order valence-corrected chi connectivity index (χ2v) is 4.80. The van der Waals surface area contributed by atoms with Gasteiger partial charge in [0.2, 0.25) is 0 Å². The number of benzene rings is 1. The molecule has 2 heterocycles. The number of carbonyl (C=O) groups is 1. The molecule has 72 valence electrons. The van der Waals surface area contributed by atoms with E-state index in [4.69, 9.17) is 0 Å². The summed E-state index contributed by atoms with van der Waals surface area (Å²) < 4.78 is 0. The van der Waals surface area contributed by atoms with Crippen LogP contribution in [0.5, 0.6) is 0 Å². The summed E-state index contributed by atoms with van der Waals surface area (Å²) in [5.74, 6) is 1.45. The van der Waals surface area contributed by atoms with Crippen molar-refractivity contribution < 1.29 is 4.79 Å². The number of hydrogen-bond donors (Lipinski definition) is 0. The van der Waals surface area contributed by atoms with Crippen LogP contribution >= 0.6 is 11.8 Å². The maximum Gasteiger partial charge on any atom is 0.166 e. The number of Topliss-reactive ketones (excluding diaryl/α,β-unsaturated/α-hetero) is 1. The summed E-state index contributed by atoms with van der Waals surface area (Å²) in [4.78, 5) is 15.3. The van der Waals surface area contributed by atoms with Crippen LogP contribution in [0.15, 0.2) is 23.1 Å². The fraction of sp³-hybridized carbons (Fsp3) is 0.364. The third-order valence-electron chi connectivity index (χ3n) is 2.84. The molecule has 2 aliphatic heterocycles. The van der Waals surface area contributed by atoms with Gasteiger partial charge in [0.25, 0.3) is 0 Å². The molecule has 0 aliphatic carbocycles. The molecule has 0 radical (unpaired) electrons. The first kappa shape index (κ1) is 8.36. The fourth-order valence-electron chi connectivity index (χ4n) is 2.16. The highest BCUT2D eigenvalue weighted by molar-refractivity contribution is 7.99. The summed E-state index contributed by atoms with van der Waals surface area (Å²) >= 11 is 1.86. The van der Waals surface area contributed by atoms with Crippen molar-refractivity contribution in [3.05, 3.63) is 23.8 Å². The first-order valence-electron chi connectivity index (χ1n) is 4.90. The Balaban J connectivity index is 2.24. The van der Waals surface area contributed by atoms with E-state index in [1.54, 1.807) is 0 Å². The van der Waals surface area contributed by atoms with Crippen LogP contribution in [0.2, 0.25) is 0 Å². The Labute approximate surface area is 87.3 Å². The van der Waals surface area contributed by atoms with E-state index in [0.29, 0.717) is 12.2 Å². The van der Waals surface area contributed by atoms with Gasteiger partial charge in [-0.15, -0.1) is 11.8 Å². The van der Waals surface area contributed by atoms with Gasteiger partial charge in [0.05, 0.1) is 5.69 Å². The highest BCUT2D eigenvalue weighted by Crippen LogP contribution is 2.39. The van der Waals surface area contributed by atoms with E-state index >= 15 is 0 Å². The molecule has 14 heavy (non-hydrogen) atoms. The Morgan fingerprint density at radius 1 is 1.29 bits per heavy atom. The van der Waals surface area contributed by atoms with Crippen molar-refractivity contribution in [2.24, 2.45) is 0 Å². The first-order chi connectivity index (χ1) is 6.86.